The first-order valence-corrected chi connectivity index (χ1v) is 9.55. The smallest absolute Gasteiger partial charge is 0.252 e. The van der Waals surface area contributed by atoms with E-state index < -0.39 is 0 Å². The molecule has 25 heavy (non-hydrogen) atoms. The van der Waals surface area contributed by atoms with Gasteiger partial charge in [-0.25, -0.2) is 0 Å². The highest BCUT2D eigenvalue weighted by Gasteiger charge is 2.35. The molecule has 1 amide bonds. The predicted molar refractivity (Wildman–Crippen MR) is 102 cm³/mol. The van der Waals surface area contributed by atoms with Crippen LogP contribution in [0.1, 0.15) is 36.0 Å². The Morgan fingerprint density at radius 1 is 1.16 bits per heavy atom. The van der Waals surface area contributed by atoms with Crippen LogP contribution in [0.5, 0.6) is 0 Å². The Balaban J connectivity index is 1.43. The van der Waals surface area contributed by atoms with Gasteiger partial charge in [-0.2, -0.15) is 0 Å². The summed E-state index contributed by atoms with van der Waals surface area (Å²) in [5.41, 5.74) is 0.511. The summed E-state index contributed by atoms with van der Waals surface area (Å²) in [5.74, 6) is 2.45. The number of carbonyl (C=O) groups excluding carboxylic acids is 1. The number of amides is 1. The number of hydrogen-bond donors (Lipinski definition) is 2. The van der Waals surface area contributed by atoms with Crippen LogP contribution in [0.2, 0.25) is 5.02 Å². The Labute approximate surface area is 154 Å². The average molecular weight is 363 g/mol. The summed E-state index contributed by atoms with van der Waals surface area (Å²) >= 11 is 6.05. The van der Waals surface area contributed by atoms with E-state index in [2.05, 4.69) is 20.5 Å². The third-order valence-electron chi connectivity index (χ3n) is 5.30. The number of hydrogen-bond acceptors (Lipinski definition) is 2. The van der Waals surface area contributed by atoms with E-state index in [4.69, 9.17) is 11.6 Å². The SMILES string of the molecule is CN=C(NCCNC(=O)c1ccccc1Cl)N1CC2CCCCC2C1. The maximum absolute atomic E-state index is 12.1. The number of nitrogens with zero attached hydrogens (tertiary/aromatic N) is 2. The van der Waals surface area contributed by atoms with E-state index >= 15 is 0 Å². The monoisotopic (exact) mass is 362 g/mol. The molecule has 0 bridgehead atoms. The molecule has 1 aromatic rings. The van der Waals surface area contributed by atoms with Crippen LogP contribution in [0, 0.1) is 11.8 Å². The second-order valence-electron chi connectivity index (χ2n) is 6.92. The van der Waals surface area contributed by atoms with Crippen molar-refractivity contribution in [2.75, 3.05) is 33.2 Å². The fourth-order valence-electron chi connectivity index (χ4n) is 4.00. The van der Waals surface area contributed by atoms with E-state index in [9.17, 15) is 4.79 Å². The lowest BCUT2D eigenvalue weighted by atomic mass is 9.82. The van der Waals surface area contributed by atoms with E-state index in [-0.39, 0.29) is 5.91 Å². The molecule has 136 valence electrons. The number of likely N-dealkylation sites (tertiary alicyclic amines) is 1. The van der Waals surface area contributed by atoms with Crippen molar-refractivity contribution in [2.45, 2.75) is 25.7 Å². The summed E-state index contributed by atoms with van der Waals surface area (Å²) in [4.78, 5) is 18.9. The third-order valence-corrected chi connectivity index (χ3v) is 5.63. The molecule has 0 aromatic heterocycles. The minimum atomic E-state index is -0.144. The fraction of sp³-hybridized carbons (Fsp3) is 0.579. The molecule has 2 unspecified atom stereocenters. The van der Waals surface area contributed by atoms with Crippen LogP contribution in [0.3, 0.4) is 0 Å². The van der Waals surface area contributed by atoms with Crippen LogP contribution < -0.4 is 10.6 Å². The Morgan fingerprint density at radius 3 is 2.44 bits per heavy atom. The standard InChI is InChI=1S/C19H27ClN4O/c1-21-19(24-12-14-6-2-3-7-15(14)13-24)23-11-10-22-18(25)16-8-4-5-9-17(16)20/h4-5,8-9,14-15H,2-3,6-7,10-13H2,1H3,(H,21,23)(H,22,25). The number of fused-ring (bicyclic) bond motifs is 1. The number of nitrogens with one attached hydrogen (secondary N) is 2. The van der Waals surface area contributed by atoms with Crippen molar-refractivity contribution in [3.8, 4) is 0 Å². The van der Waals surface area contributed by atoms with E-state index in [1.807, 2.05) is 19.2 Å². The lowest BCUT2D eigenvalue weighted by molar-refractivity contribution is 0.0954. The minimum Gasteiger partial charge on any atom is -0.354 e. The van der Waals surface area contributed by atoms with Gasteiger partial charge in [0.05, 0.1) is 10.6 Å². The quantitative estimate of drug-likeness (QED) is 0.492. The molecule has 3 rings (SSSR count). The highest BCUT2D eigenvalue weighted by Crippen LogP contribution is 2.35. The topological polar surface area (TPSA) is 56.7 Å². The van der Waals surface area contributed by atoms with Gasteiger partial charge in [-0.05, 0) is 36.8 Å². The number of guanidine groups is 1. The van der Waals surface area contributed by atoms with Gasteiger partial charge in [0.2, 0.25) is 0 Å². The molecule has 2 fully saturated rings. The van der Waals surface area contributed by atoms with Crippen molar-refractivity contribution in [1.29, 1.82) is 0 Å². The summed E-state index contributed by atoms with van der Waals surface area (Å²) in [6, 6.07) is 7.09. The summed E-state index contributed by atoms with van der Waals surface area (Å²) < 4.78 is 0. The van der Waals surface area contributed by atoms with Crippen molar-refractivity contribution in [1.82, 2.24) is 15.5 Å². The van der Waals surface area contributed by atoms with Crippen LogP contribution >= 0.6 is 11.6 Å². The Hall–Kier alpha value is -1.75. The summed E-state index contributed by atoms with van der Waals surface area (Å²) in [5, 5.41) is 6.75. The summed E-state index contributed by atoms with van der Waals surface area (Å²) in [6.45, 7) is 3.39. The zero-order chi connectivity index (χ0) is 17.6. The van der Waals surface area contributed by atoms with Crippen LogP contribution in [-0.4, -0.2) is 50.0 Å². The molecule has 1 saturated heterocycles. The van der Waals surface area contributed by atoms with Gasteiger partial charge in [0.1, 0.15) is 0 Å². The highest BCUT2D eigenvalue weighted by atomic mass is 35.5. The zero-order valence-corrected chi connectivity index (χ0v) is 15.6. The number of benzene rings is 1. The zero-order valence-electron chi connectivity index (χ0n) is 14.8. The molecule has 0 radical (unpaired) electrons. The summed E-state index contributed by atoms with van der Waals surface area (Å²) in [6.07, 6.45) is 5.45. The molecule has 2 N–H and O–H groups in total. The molecule has 1 aromatic carbocycles. The summed E-state index contributed by atoms with van der Waals surface area (Å²) in [7, 11) is 1.83. The van der Waals surface area contributed by atoms with Gasteiger partial charge in [0.15, 0.2) is 5.96 Å². The molecular weight excluding hydrogens is 336 g/mol. The van der Waals surface area contributed by atoms with E-state index in [0.29, 0.717) is 23.7 Å². The van der Waals surface area contributed by atoms with Gasteiger partial charge in [0.25, 0.3) is 5.91 Å². The lowest BCUT2D eigenvalue weighted by Crippen LogP contribution is -2.43. The molecule has 2 atom stereocenters. The van der Waals surface area contributed by atoms with Crippen molar-refractivity contribution >= 4 is 23.5 Å². The second-order valence-corrected chi connectivity index (χ2v) is 7.33. The van der Waals surface area contributed by atoms with Crippen molar-refractivity contribution in [3.63, 3.8) is 0 Å². The number of carbonyl (C=O) groups is 1. The number of halogens is 1. The van der Waals surface area contributed by atoms with Crippen LogP contribution in [0.4, 0.5) is 0 Å². The van der Waals surface area contributed by atoms with E-state index in [0.717, 1.165) is 30.9 Å². The largest absolute Gasteiger partial charge is 0.354 e. The number of rotatable bonds is 4. The Morgan fingerprint density at radius 2 is 1.80 bits per heavy atom. The van der Waals surface area contributed by atoms with Gasteiger partial charge >= 0.3 is 0 Å². The van der Waals surface area contributed by atoms with Gasteiger partial charge in [0, 0.05) is 33.2 Å². The molecule has 1 heterocycles. The Kier molecular flexibility index (Phi) is 6.19. The van der Waals surface area contributed by atoms with E-state index in [1.54, 1.807) is 12.1 Å². The van der Waals surface area contributed by atoms with Crippen LogP contribution in [-0.2, 0) is 0 Å². The Bertz CT molecular complexity index is 620. The predicted octanol–water partition coefficient (Wildman–Crippen LogP) is 2.77. The fourth-order valence-corrected chi connectivity index (χ4v) is 4.22. The third kappa shape index (κ3) is 4.46. The van der Waals surface area contributed by atoms with Crippen LogP contribution in [0.25, 0.3) is 0 Å². The molecular formula is C19H27ClN4O. The van der Waals surface area contributed by atoms with Crippen LogP contribution in [0.15, 0.2) is 29.3 Å². The molecule has 2 aliphatic rings. The molecule has 6 heteroatoms. The van der Waals surface area contributed by atoms with E-state index in [1.165, 1.54) is 25.7 Å². The van der Waals surface area contributed by atoms with Gasteiger partial charge in [-0.3, -0.25) is 9.79 Å². The maximum Gasteiger partial charge on any atom is 0.252 e. The van der Waals surface area contributed by atoms with Crippen molar-refractivity contribution < 1.29 is 4.79 Å². The first kappa shape index (κ1) is 18.1. The second kappa shape index (κ2) is 8.56. The van der Waals surface area contributed by atoms with Gasteiger partial charge in [-0.15, -0.1) is 0 Å². The molecule has 5 nitrogen and oxygen atoms in total. The van der Waals surface area contributed by atoms with Crippen molar-refractivity contribution in [3.05, 3.63) is 34.9 Å². The molecule has 1 saturated carbocycles. The lowest BCUT2D eigenvalue weighted by Gasteiger charge is -2.22. The minimum absolute atomic E-state index is 0.144. The van der Waals surface area contributed by atoms with Gasteiger partial charge < -0.3 is 15.5 Å². The number of aliphatic imine (C=N–C) groups is 1. The normalized spacial score (nSPS) is 23.3. The molecule has 1 aliphatic heterocycles. The van der Waals surface area contributed by atoms with Gasteiger partial charge in [-0.1, -0.05) is 36.6 Å². The average Bonchev–Trinajstić information content (AvgIpc) is 3.05. The first-order valence-electron chi connectivity index (χ1n) is 9.17. The first-order chi connectivity index (χ1) is 12.2. The maximum atomic E-state index is 12.1. The van der Waals surface area contributed by atoms with Crippen molar-refractivity contribution in [2.24, 2.45) is 16.8 Å². The highest BCUT2D eigenvalue weighted by molar-refractivity contribution is 6.33. The molecule has 1 aliphatic carbocycles. The molecule has 0 spiro atoms.